The van der Waals surface area contributed by atoms with Crippen LogP contribution in [0.15, 0.2) is 55.6 Å². The van der Waals surface area contributed by atoms with Gasteiger partial charge >= 0.3 is 11.2 Å². The number of hydrogen-bond donors (Lipinski definition) is 2. The second kappa shape index (κ2) is 7.46. The van der Waals surface area contributed by atoms with E-state index in [-0.39, 0.29) is 5.82 Å². The zero-order valence-electron chi connectivity index (χ0n) is 12.9. The van der Waals surface area contributed by atoms with Gasteiger partial charge in [-0.2, -0.15) is 4.98 Å². The zero-order valence-corrected chi connectivity index (χ0v) is 14.5. The third-order valence-electron chi connectivity index (χ3n) is 3.12. The van der Waals surface area contributed by atoms with Crippen molar-refractivity contribution in [1.29, 1.82) is 0 Å². The summed E-state index contributed by atoms with van der Waals surface area (Å²) in [6.07, 6.45) is 2.87. The molecule has 0 aliphatic heterocycles. The van der Waals surface area contributed by atoms with Gasteiger partial charge in [0.05, 0.1) is 4.92 Å². The van der Waals surface area contributed by atoms with Crippen LogP contribution in [0.2, 0.25) is 5.02 Å². The quantitative estimate of drug-likeness (QED) is 0.498. The van der Waals surface area contributed by atoms with E-state index in [0.29, 0.717) is 15.9 Å². The first kappa shape index (κ1) is 17.8. The first-order chi connectivity index (χ1) is 12.4. The number of H-pyrrole nitrogens is 1. The van der Waals surface area contributed by atoms with Gasteiger partial charge in [-0.1, -0.05) is 23.4 Å². The van der Waals surface area contributed by atoms with E-state index in [4.69, 9.17) is 16.0 Å². The van der Waals surface area contributed by atoms with Crippen LogP contribution in [0.4, 0.5) is 5.69 Å². The zero-order chi connectivity index (χ0) is 18.7. The molecule has 0 bridgehead atoms. The molecule has 132 valence electrons. The number of furan rings is 1. The summed E-state index contributed by atoms with van der Waals surface area (Å²) in [6, 6.07) is 10.7. The Morgan fingerprint density at radius 3 is 2.62 bits per heavy atom. The molecule has 0 atom stereocenters. The highest BCUT2D eigenvalue weighted by atomic mass is 35.5. The molecule has 0 aliphatic rings. The number of benzene rings is 1. The van der Waals surface area contributed by atoms with Gasteiger partial charge in [0, 0.05) is 9.92 Å². The standard InChI is InChI=1S/C16H10ClN3O5S/c17-9-1-5-11(6-2-9)26-13-8-4-10(25-13)3-7-12-18-15(21)14(20(23)24)16(22)19-12/h1-8H,(H2,18,19,21,22)/b7-3+. The van der Waals surface area contributed by atoms with Crippen molar-refractivity contribution in [1.82, 2.24) is 9.97 Å². The second-order valence-electron chi connectivity index (χ2n) is 4.93. The van der Waals surface area contributed by atoms with Gasteiger partial charge in [-0.05, 0) is 48.6 Å². The van der Waals surface area contributed by atoms with Crippen molar-refractivity contribution in [3.8, 4) is 5.88 Å². The van der Waals surface area contributed by atoms with Crippen LogP contribution < -0.4 is 5.56 Å². The molecule has 10 heteroatoms. The van der Waals surface area contributed by atoms with Crippen molar-refractivity contribution in [3.63, 3.8) is 0 Å². The minimum Gasteiger partial charge on any atom is -0.488 e. The highest BCUT2D eigenvalue weighted by Gasteiger charge is 2.21. The molecule has 0 radical (unpaired) electrons. The minimum atomic E-state index is -1.04. The molecule has 3 rings (SSSR count). The number of rotatable bonds is 5. The lowest BCUT2D eigenvalue weighted by molar-refractivity contribution is -0.387. The molecule has 0 saturated carbocycles. The maximum Gasteiger partial charge on any atom is 0.395 e. The summed E-state index contributed by atoms with van der Waals surface area (Å²) in [4.78, 5) is 27.9. The Hall–Kier alpha value is -3.04. The van der Waals surface area contributed by atoms with Gasteiger partial charge in [0.25, 0.3) is 5.88 Å². The second-order valence-corrected chi connectivity index (χ2v) is 6.44. The summed E-state index contributed by atoms with van der Waals surface area (Å²) in [5.41, 5.74) is -2.04. The first-order valence-electron chi connectivity index (χ1n) is 7.11. The van der Waals surface area contributed by atoms with Gasteiger partial charge in [-0.25, -0.2) is 0 Å². The predicted octanol–water partition coefficient (Wildman–Crippen LogP) is 3.95. The number of hydrogen-bond acceptors (Lipinski definition) is 7. The van der Waals surface area contributed by atoms with Crippen LogP contribution in [-0.2, 0) is 0 Å². The predicted molar refractivity (Wildman–Crippen MR) is 96.4 cm³/mol. The fourth-order valence-corrected chi connectivity index (χ4v) is 2.88. The number of aromatic amines is 1. The fraction of sp³-hybridized carbons (Fsp3) is 0. The third kappa shape index (κ3) is 4.13. The number of nitro groups is 1. The number of aromatic hydroxyl groups is 1. The van der Waals surface area contributed by atoms with E-state index in [2.05, 4.69) is 9.97 Å². The molecule has 0 fully saturated rings. The van der Waals surface area contributed by atoms with Crippen LogP contribution in [0.3, 0.4) is 0 Å². The van der Waals surface area contributed by atoms with Gasteiger partial charge in [0.2, 0.25) is 0 Å². The molecule has 0 spiro atoms. The van der Waals surface area contributed by atoms with Gasteiger partial charge in [-0.15, -0.1) is 0 Å². The Labute approximate surface area is 155 Å². The maximum atomic E-state index is 11.6. The first-order valence-corrected chi connectivity index (χ1v) is 8.31. The smallest absolute Gasteiger partial charge is 0.395 e. The summed E-state index contributed by atoms with van der Waals surface area (Å²) in [5.74, 6) is -0.514. The van der Waals surface area contributed by atoms with Crippen LogP contribution in [-0.4, -0.2) is 20.0 Å². The van der Waals surface area contributed by atoms with Crippen LogP contribution in [0.25, 0.3) is 12.2 Å². The van der Waals surface area contributed by atoms with Crippen molar-refractivity contribution >= 4 is 41.2 Å². The largest absolute Gasteiger partial charge is 0.488 e. The van der Waals surface area contributed by atoms with E-state index in [0.717, 1.165) is 4.90 Å². The lowest BCUT2D eigenvalue weighted by atomic mass is 10.4. The average molecular weight is 392 g/mol. The SMILES string of the molecule is O=c1[nH]c(/C=C/c2ccc(Sc3ccc(Cl)cc3)o2)nc(O)c1[N+](=O)[O-]. The van der Waals surface area contributed by atoms with Crippen molar-refractivity contribution in [3.05, 3.63) is 73.5 Å². The molecule has 1 aromatic carbocycles. The van der Waals surface area contributed by atoms with E-state index >= 15 is 0 Å². The van der Waals surface area contributed by atoms with Crippen LogP contribution in [0.1, 0.15) is 11.6 Å². The Morgan fingerprint density at radius 2 is 1.96 bits per heavy atom. The summed E-state index contributed by atoms with van der Waals surface area (Å²) < 4.78 is 5.61. The average Bonchev–Trinajstić information content (AvgIpc) is 3.01. The van der Waals surface area contributed by atoms with E-state index in [1.54, 1.807) is 24.3 Å². The Morgan fingerprint density at radius 1 is 1.23 bits per heavy atom. The molecule has 2 heterocycles. The summed E-state index contributed by atoms with van der Waals surface area (Å²) in [7, 11) is 0. The Kier molecular flexibility index (Phi) is 5.10. The van der Waals surface area contributed by atoms with Crippen molar-refractivity contribution in [2.75, 3.05) is 0 Å². The summed E-state index contributed by atoms with van der Waals surface area (Å²) >= 11 is 7.24. The molecule has 26 heavy (non-hydrogen) atoms. The summed E-state index contributed by atoms with van der Waals surface area (Å²) in [6.45, 7) is 0. The van der Waals surface area contributed by atoms with E-state index in [9.17, 15) is 20.0 Å². The van der Waals surface area contributed by atoms with Gasteiger partial charge < -0.3 is 14.5 Å². The van der Waals surface area contributed by atoms with Gasteiger partial charge in [0.1, 0.15) is 11.6 Å². The maximum absolute atomic E-state index is 11.6. The highest BCUT2D eigenvalue weighted by Crippen LogP contribution is 2.30. The van der Waals surface area contributed by atoms with E-state index in [1.165, 1.54) is 23.9 Å². The molecular formula is C16H10ClN3O5S. The van der Waals surface area contributed by atoms with Crippen LogP contribution in [0, 0.1) is 10.1 Å². The molecule has 0 amide bonds. The van der Waals surface area contributed by atoms with E-state index in [1.807, 2.05) is 12.1 Å². The lowest BCUT2D eigenvalue weighted by Gasteiger charge is -1.98. The topological polar surface area (TPSA) is 122 Å². The summed E-state index contributed by atoms with van der Waals surface area (Å²) in [5, 5.41) is 21.4. The van der Waals surface area contributed by atoms with Gasteiger partial charge in [0.15, 0.2) is 5.09 Å². The number of aromatic nitrogens is 2. The normalized spacial score (nSPS) is 11.1. The molecule has 0 aliphatic carbocycles. The third-order valence-corrected chi connectivity index (χ3v) is 4.30. The molecule has 2 aromatic heterocycles. The molecule has 0 unspecified atom stereocenters. The molecular weight excluding hydrogens is 382 g/mol. The van der Waals surface area contributed by atoms with Crippen molar-refractivity contribution in [2.24, 2.45) is 0 Å². The number of halogens is 1. The highest BCUT2D eigenvalue weighted by molar-refractivity contribution is 7.99. The lowest BCUT2D eigenvalue weighted by Crippen LogP contribution is -2.14. The fourth-order valence-electron chi connectivity index (χ4n) is 1.97. The molecule has 2 N–H and O–H groups in total. The van der Waals surface area contributed by atoms with E-state index < -0.39 is 22.0 Å². The molecule has 8 nitrogen and oxygen atoms in total. The van der Waals surface area contributed by atoms with Crippen LogP contribution >= 0.6 is 23.4 Å². The minimum absolute atomic E-state index is 0.0404. The Bertz CT molecular complexity index is 1040. The van der Waals surface area contributed by atoms with Crippen molar-refractivity contribution < 1.29 is 14.4 Å². The Balaban J connectivity index is 1.75. The molecule has 0 saturated heterocycles. The number of nitrogens with one attached hydrogen (secondary N) is 1. The van der Waals surface area contributed by atoms with Gasteiger partial charge in [-0.3, -0.25) is 14.9 Å². The molecule has 3 aromatic rings. The number of nitrogens with zero attached hydrogens (tertiary/aromatic N) is 2. The monoisotopic (exact) mass is 391 g/mol. The van der Waals surface area contributed by atoms with Crippen molar-refractivity contribution in [2.45, 2.75) is 9.99 Å². The van der Waals surface area contributed by atoms with Crippen LogP contribution in [0.5, 0.6) is 5.88 Å².